The maximum atomic E-state index is 13.5. The number of amides is 2. The molecule has 1 atom stereocenters. The number of pyridine rings is 1. The van der Waals surface area contributed by atoms with Crippen molar-refractivity contribution >= 4 is 29.0 Å². The Labute approximate surface area is 263 Å². The maximum absolute atomic E-state index is 13.5. The number of hydrogen-bond acceptors (Lipinski definition) is 8. The van der Waals surface area contributed by atoms with Crippen LogP contribution in [0.2, 0.25) is 0 Å². The number of hydrogen-bond donors (Lipinski definition) is 3. The summed E-state index contributed by atoms with van der Waals surface area (Å²) in [6, 6.07) is 6.32. The Hall–Kier alpha value is -4.72. The van der Waals surface area contributed by atoms with Gasteiger partial charge in [-0.2, -0.15) is 13.2 Å². The molecule has 1 aliphatic heterocycles. The average Bonchev–Trinajstić information content (AvgIpc) is 3.41. The highest BCUT2D eigenvalue weighted by atomic mass is 19.4. The third-order valence-electron chi connectivity index (χ3n) is 8.91. The lowest BCUT2D eigenvalue weighted by Gasteiger charge is -2.45. The van der Waals surface area contributed by atoms with Gasteiger partial charge in [-0.15, -0.1) is 0 Å². The molecule has 1 saturated heterocycles. The number of piperidine rings is 1. The molecule has 4 heterocycles. The fourth-order valence-corrected chi connectivity index (χ4v) is 6.34. The van der Waals surface area contributed by atoms with Gasteiger partial charge in [-0.3, -0.25) is 14.0 Å². The molecule has 2 amide bonds. The molecule has 0 spiro atoms. The highest BCUT2D eigenvalue weighted by Gasteiger charge is 2.46. The number of halogens is 3. The Morgan fingerprint density at radius 1 is 1.13 bits per heavy atom. The lowest BCUT2D eigenvalue weighted by atomic mass is 9.75. The summed E-state index contributed by atoms with van der Waals surface area (Å²) >= 11 is 0. The Balaban J connectivity index is 1.33. The Bertz CT molecular complexity index is 1780. The van der Waals surface area contributed by atoms with Gasteiger partial charge >= 0.3 is 6.18 Å². The van der Waals surface area contributed by atoms with Crippen molar-refractivity contribution in [1.29, 1.82) is 0 Å². The van der Waals surface area contributed by atoms with Crippen molar-refractivity contribution in [2.75, 3.05) is 37.8 Å². The van der Waals surface area contributed by atoms with Gasteiger partial charge in [-0.1, -0.05) is 0 Å². The summed E-state index contributed by atoms with van der Waals surface area (Å²) in [4.78, 5) is 41.8. The summed E-state index contributed by atoms with van der Waals surface area (Å²) in [6.45, 7) is 3.27. The van der Waals surface area contributed by atoms with E-state index < -0.39 is 23.2 Å². The van der Waals surface area contributed by atoms with Crippen LogP contribution in [0.1, 0.15) is 66.7 Å². The van der Waals surface area contributed by atoms with Crippen LogP contribution in [0.15, 0.2) is 48.9 Å². The summed E-state index contributed by atoms with van der Waals surface area (Å²) in [7, 11) is 1.84. The van der Waals surface area contributed by atoms with Crippen molar-refractivity contribution in [2.45, 2.75) is 56.7 Å². The van der Waals surface area contributed by atoms with Gasteiger partial charge in [0.15, 0.2) is 0 Å². The SMILES string of the molecule is CCOc1cc(C(=O)Nc2cc(C(F)(F)F)ccn2)ccc1-c1nc([C@@H]2CCCN(C(=O)C3(NC)CCC3)C2)n2ccnc(N)c12. The van der Waals surface area contributed by atoms with Crippen molar-refractivity contribution < 1.29 is 27.5 Å². The Kier molecular flexibility index (Phi) is 8.32. The van der Waals surface area contributed by atoms with E-state index in [-0.39, 0.29) is 35.6 Å². The number of likely N-dealkylation sites (N-methyl/N-ethyl adjacent to an activating group) is 1. The zero-order chi connectivity index (χ0) is 32.6. The van der Waals surface area contributed by atoms with E-state index in [2.05, 4.69) is 20.6 Å². The number of rotatable bonds is 8. The standard InChI is InChI=1S/C32H35F3N8O3/c1-3-46-23-16-19(29(44)40-24-17-21(9-12-38-24)32(33,34)35)7-8-22(23)25-26-27(36)39-13-15-43(26)28(41-25)20-6-4-14-42(18-20)30(45)31(37-2)10-5-11-31/h7-9,12-13,15-17,20,37H,3-6,10-11,14,18H2,1-2H3,(H2,36,39)(H,38,40,44)/t20-/m1/s1. The van der Waals surface area contributed by atoms with Crippen LogP contribution in [0, 0.1) is 0 Å². The normalized spacial score (nSPS) is 17.8. The highest BCUT2D eigenvalue weighted by Crippen LogP contribution is 2.40. The van der Waals surface area contributed by atoms with E-state index in [0.717, 1.165) is 56.3 Å². The number of nitrogens with zero attached hydrogens (tertiary/aromatic N) is 5. The molecule has 1 aliphatic carbocycles. The fourth-order valence-electron chi connectivity index (χ4n) is 6.34. The third kappa shape index (κ3) is 5.72. The molecule has 0 unspecified atom stereocenters. The van der Waals surface area contributed by atoms with E-state index in [1.807, 2.05) is 16.3 Å². The largest absolute Gasteiger partial charge is 0.493 e. The number of carbonyl (C=O) groups is 2. The summed E-state index contributed by atoms with van der Waals surface area (Å²) in [6.07, 6.45) is 4.14. The third-order valence-corrected chi connectivity index (χ3v) is 8.91. The van der Waals surface area contributed by atoms with Crippen molar-refractivity contribution in [3.05, 3.63) is 65.9 Å². The van der Waals surface area contributed by atoms with Gasteiger partial charge in [0.2, 0.25) is 5.91 Å². The number of fused-ring (bicyclic) bond motifs is 1. The summed E-state index contributed by atoms with van der Waals surface area (Å²) in [5.41, 5.74) is 6.77. The smallest absolute Gasteiger partial charge is 0.416 e. The second-order valence-electron chi connectivity index (χ2n) is 11.7. The number of alkyl halides is 3. The van der Waals surface area contributed by atoms with Gasteiger partial charge in [-0.25, -0.2) is 15.0 Å². The molecule has 3 aromatic heterocycles. The molecule has 11 nitrogen and oxygen atoms in total. The van der Waals surface area contributed by atoms with Crippen molar-refractivity contribution in [3.8, 4) is 17.0 Å². The molecular formula is C32H35F3N8O3. The summed E-state index contributed by atoms with van der Waals surface area (Å²) in [5, 5.41) is 5.68. The van der Waals surface area contributed by atoms with E-state index in [9.17, 15) is 22.8 Å². The molecule has 2 fully saturated rings. The number of nitrogens with two attached hydrogens (primary N) is 1. The summed E-state index contributed by atoms with van der Waals surface area (Å²) in [5.74, 6) is 0.504. The molecule has 4 N–H and O–H groups in total. The van der Waals surface area contributed by atoms with E-state index in [1.165, 1.54) is 12.1 Å². The molecule has 4 aromatic rings. The number of nitrogen functional groups attached to an aromatic ring is 1. The maximum Gasteiger partial charge on any atom is 0.416 e. The minimum atomic E-state index is -4.58. The first-order valence-electron chi connectivity index (χ1n) is 15.3. The van der Waals surface area contributed by atoms with Crippen LogP contribution in [0.4, 0.5) is 24.8 Å². The number of benzene rings is 1. The van der Waals surface area contributed by atoms with Crippen molar-refractivity contribution in [1.82, 2.24) is 29.6 Å². The first kappa shape index (κ1) is 31.3. The van der Waals surface area contributed by atoms with Crippen molar-refractivity contribution in [2.24, 2.45) is 0 Å². The number of ether oxygens (including phenoxy) is 1. The van der Waals surface area contributed by atoms with Crippen LogP contribution in [0.25, 0.3) is 16.8 Å². The van der Waals surface area contributed by atoms with E-state index in [4.69, 9.17) is 15.5 Å². The van der Waals surface area contributed by atoms with Crippen molar-refractivity contribution in [3.63, 3.8) is 0 Å². The number of aromatic nitrogens is 4. The van der Waals surface area contributed by atoms with Crippen LogP contribution >= 0.6 is 0 Å². The Morgan fingerprint density at radius 2 is 1.93 bits per heavy atom. The van der Waals surface area contributed by atoms with Gasteiger partial charge in [0.25, 0.3) is 5.91 Å². The summed E-state index contributed by atoms with van der Waals surface area (Å²) < 4.78 is 47.4. The lowest BCUT2D eigenvalue weighted by Crippen LogP contribution is -2.62. The zero-order valence-corrected chi connectivity index (χ0v) is 25.5. The van der Waals surface area contributed by atoms with Crippen LogP contribution in [0.3, 0.4) is 0 Å². The fraction of sp³-hybridized carbons (Fsp3) is 0.406. The molecule has 0 bridgehead atoms. The topological polar surface area (TPSA) is 140 Å². The zero-order valence-electron chi connectivity index (χ0n) is 25.5. The van der Waals surface area contributed by atoms with Gasteiger partial charge in [0, 0.05) is 48.7 Å². The minimum absolute atomic E-state index is 0.0599. The number of nitrogens with one attached hydrogen (secondary N) is 2. The van der Waals surface area contributed by atoms with Crippen LogP contribution in [0.5, 0.6) is 5.75 Å². The van der Waals surface area contributed by atoms with Crippen LogP contribution < -0.4 is 21.1 Å². The molecule has 6 rings (SSSR count). The highest BCUT2D eigenvalue weighted by molar-refractivity contribution is 6.04. The molecule has 1 saturated carbocycles. The molecule has 1 aromatic carbocycles. The molecule has 46 heavy (non-hydrogen) atoms. The van der Waals surface area contributed by atoms with Crippen LogP contribution in [-0.2, 0) is 11.0 Å². The average molecular weight is 637 g/mol. The second kappa shape index (κ2) is 12.2. The first-order chi connectivity index (χ1) is 22.0. The molecule has 0 radical (unpaired) electrons. The van der Waals surface area contributed by atoms with Gasteiger partial charge < -0.3 is 26.0 Å². The van der Waals surface area contributed by atoms with E-state index >= 15 is 0 Å². The number of anilines is 2. The second-order valence-corrected chi connectivity index (χ2v) is 11.7. The molecule has 2 aliphatic rings. The number of likely N-dealkylation sites (tertiary alicyclic amines) is 1. The molecular weight excluding hydrogens is 601 g/mol. The van der Waals surface area contributed by atoms with Gasteiger partial charge in [0.05, 0.1) is 17.7 Å². The van der Waals surface area contributed by atoms with Gasteiger partial charge in [-0.05, 0) is 76.4 Å². The van der Waals surface area contributed by atoms with Crippen LogP contribution in [-0.4, -0.2) is 68.3 Å². The predicted octanol–water partition coefficient (Wildman–Crippen LogP) is 4.89. The lowest BCUT2D eigenvalue weighted by molar-refractivity contribution is -0.143. The molecule has 14 heteroatoms. The molecule has 242 valence electrons. The van der Waals surface area contributed by atoms with Gasteiger partial charge in [0.1, 0.15) is 34.4 Å². The minimum Gasteiger partial charge on any atom is -0.493 e. The number of carbonyl (C=O) groups excluding carboxylic acids is 2. The number of imidazole rings is 1. The monoisotopic (exact) mass is 636 g/mol. The Morgan fingerprint density at radius 3 is 2.63 bits per heavy atom. The quantitative estimate of drug-likeness (QED) is 0.249. The predicted molar refractivity (Wildman–Crippen MR) is 165 cm³/mol. The van der Waals surface area contributed by atoms with E-state index in [1.54, 1.807) is 25.4 Å². The van der Waals surface area contributed by atoms with E-state index in [0.29, 0.717) is 35.6 Å². The first-order valence-corrected chi connectivity index (χ1v) is 15.3.